The van der Waals surface area contributed by atoms with Crippen LogP contribution in [-0.4, -0.2) is 66.4 Å². The second-order valence-corrected chi connectivity index (χ2v) is 6.53. The lowest BCUT2D eigenvalue weighted by Crippen LogP contribution is -2.45. The maximum Gasteiger partial charge on any atom is 0.272 e. The van der Waals surface area contributed by atoms with Gasteiger partial charge >= 0.3 is 0 Å². The van der Waals surface area contributed by atoms with E-state index in [0.717, 1.165) is 57.8 Å². The molecule has 2 amide bonds. The number of amides is 2. The largest absolute Gasteiger partial charge is 0.368 e. The molecule has 0 aromatic carbocycles. The molecule has 0 spiro atoms. The van der Waals surface area contributed by atoms with Gasteiger partial charge in [-0.15, -0.1) is 0 Å². The number of carbonyl (C=O) groups excluding carboxylic acids is 2. The molecule has 2 fully saturated rings. The Bertz CT molecular complexity index is 569. The number of likely N-dealkylation sites (tertiary alicyclic amines) is 1. The van der Waals surface area contributed by atoms with Crippen LogP contribution in [0, 0.1) is 5.92 Å². The minimum atomic E-state index is 0.0323. The molecule has 0 aliphatic carbocycles. The molecule has 1 unspecified atom stereocenters. The SMILES string of the molecule is CC1CCCN(C(=O)c2cc(N3CCN(C=O)CC3)ccn2)C1. The Kier molecular flexibility index (Phi) is 4.79. The Hall–Kier alpha value is -2.11. The third-order valence-electron chi connectivity index (χ3n) is 4.74. The van der Waals surface area contributed by atoms with Crippen molar-refractivity contribution in [1.29, 1.82) is 0 Å². The summed E-state index contributed by atoms with van der Waals surface area (Å²) in [5.41, 5.74) is 1.54. The molecule has 3 heterocycles. The van der Waals surface area contributed by atoms with Crippen molar-refractivity contribution in [3.8, 4) is 0 Å². The van der Waals surface area contributed by atoms with Crippen LogP contribution in [0.25, 0.3) is 0 Å². The first-order valence-electron chi connectivity index (χ1n) is 8.37. The third-order valence-corrected chi connectivity index (χ3v) is 4.74. The van der Waals surface area contributed by atoms with E-state index in [9.17, 15) is 9.59 Å². The molecule has 23 heavy (non-hydrogen) atoms. The third kappa shape index (κ3) is 3.63. The van der Waals surface area contributed by atoms with Crippen LogP contribution in [0.4, 0.5) is 5.69 Å². The van der Waals surface area contributed by atoms with Gasteiger partial charge in [0.1, 0.15) is 5.69 Å². The van der Waals surface area contributed by atoms with E-state index in [2.05, 4.69) is 16.8 Å². The normalized spacial score (nSPS) is 22.1. The minimum absolute atomic E-state index is 0.0323. The number of carbonyl (C=O) groups is 2. The summed E-state index contributed by atoms with van der Waals surface area (Å²) in [5, 5.41) is 0. The molecule has 2 aliphatic rings. The molecule has 1 aromatic heterocycles. The highest BCUT2D eigenvalue weighted by Crippen LogP contribution is 2.20. The van der Waals surface area contributed by atoms with Gasteiger partial charge in [-0.3, -0.25) is 14.6 Å². The van der Waals surface area contributed by atoms with Gasteiger partial charge in [-0.05, 0) is 30.9 Å². The van der Waals surface area contributed by atoms with Gasteiger partial charge in [0.15, 0.2) is 0 Å². The number of piperazine rings is 1. The molecule has 1 atom stereocenters. The highest BCUT2D eigenvalue weighted by Gasteiger charge is 2.24. The van der Waals surface area contributed by atoms with Crippen molar-refractivity contribution in [3.63, 3.8) is 0 Å². The number of piperidine rings is 1. The van der Waals surface area contributed by atoms with E-state index < -0.39 is 0 Å². The summed E-state index contributed by atoms with van der Waals surface area (Å²) in [6.07, 6.45) is 4.87. The lowest BCUT2D eigenvalue weighted by Gasteiger charge is -2.34. The fraction of sp³-hybridized carbons (Fsp3) is 0.588. The molecule has 1 aromatic rings. The van der Waals surface area contributed by atoms with E-state index in [0.29, 0.717) is 11.6 Å². The van der Waals surface area contributed by atoms with Gasteiger partial charge in [-0.25, -0.2) is 0 Å². The van der Waals surface area contributed by atoms with Crippen molar-refractivity contribution in [2.24, 2.45) is 5.92 Å². The number of hydrogen-bond donors (Lipinski definition) is 0. The van der Waals surface area contributed by atoms with Crippen LogP contribution in [0.1, 0.15) is 30.3 Å². The van der Waals surface area contributed by atoms with Crippen molar-refractivity contribution in [2.45, 2.75) is 19.8 Å². The van der Waals surface area contributed by atoms with Gasteiger partial charge in [0.25, 0.3) is 5.91 Å². The zero-order valence-corrected chi connectivity index (χ0v) is 13.6. The number of pyridine rings is 1. The Morgan fingerprint density at radius 3 is 2.74 bits per heavy atom. The van der Waals surface area contributed by atoms with Gasteiger partial charge in [-0.1, -0.05) is 6.92 Å². The van der Waals surface area contributed by atoms with E-state index in [1.165, 1.54) is 6.42 Å². The molecule has 6 heteroatoms. The van der Waals surface area contributed by atoms with Gasteiger partial charge in [0.2, 0.25) is 6.41 Å². The number of anilines is 1. The van der Waals surface area contributed by atoms with Crippen molar-refractivity contribution >= 4 is 18.0 Å². The van der Waals surface area contributed by atoms with Crippen LogP contribution >= 0.6 is 0 Å². The highest BCUT2D eigenvalue weighted by atomic mass is 16.2. The Morgan fingerprint density at radius 2 is 2.04 bits per heavy atom. The average Bonchev–Trinajstić information content (AvgIpc) is 2.61. The lowest BCUT2D eigenvalue weighted by atomic mass is 10.00. The van der Waals surface area contributed by atoms with Crippen molar-refractivity contribution in [3.05, 3.63) is 24.0 Å². The maximum atomic E-state index is 12.7. The van der Waals surface area contributed by atoms with E-state index in [1.807, 2.05) is 17.0 Å². The molecule has 0 radical (unpaired) electrons. The molecule has 2 saturated heterocycles. The molecule has 3 rings (SSSR count). The number of hydrogen-bond acceptors (Lipinski definition) is 4. The second-order valence-electron chi connectivity index (χ2n) is 6.53. The summed E-state index contributed by atoms with van der Waals surface area (Å²) >= 11 is 0. The van der Waals surface area contributed by atoms with Crippen LogP contribution in [0.3, 0.4) is 0 Å². The lowest BCUT2D eigenvalue weighted by molar-refractivity contribution is -0.118. The monoisotopic (exact) mass is 316 g/mol. The van der Waals surface area contributed by atoms with Crippen molar-refractivity contribution in [1.82, 2.24) is 14.8 Å². The van der Waals surface area contributed by atoms with Crippen molar-refractivity contribution < 1.29 is 9.59 Å². The molecule has 0 bridgehead atoms. The van der Waals surface area contributed by atoms with E-state index >= 15 is 0 Å². The smallest absolute Gasteiger partial charge is 0.272 e. The van der Waals surface area contributed by atoms with Crippen LogP contribution in [0.5, 0.6) is 0 Å². The first-order valence-corrected chi connectivity index (χ1v) is 8.37. The van der Waals surface area contributed by atoms with Gasteiger partial charge in [0.05, 0.1) is 0 Å². The molecule has 6 nitrogen and oxygen atoms in total. The number of nitrogens with zero attached hydrogens (tertiary/aromatic N) is 4. The van der Waals surface area contributed by atoms with Gasteiger partial charge in [-0.2, -0.15) is 0 Å². The summed E-state index contributed by atoms with van der Waals surface area (Å²) in [7, 11) is 0. The fourth-order valence-electron chi connectivity index (χ4n) is 3.35. The van der Waals surface area contributed by atoms with Crippen molar-refractivity contribution in [2.75, 3.05) is 44.2 Å². The fourth-order valence-corrected chi connectivity index (χ4v) is 3.35. The first-order chi connectivity index (χ1) is 11.2. The van der Waals surface area contributed by atoms with E-state index in [-0.39, 0.29) is 5.91 Å². The molecular formula is C17H24N4O2. The van der Waals surface area contributed by atoms with E-state index in [1.54, 1.807) is 11.1 Å². The molecule has 0 saturated carbocycles. The predicted octanol–water partition coefficient (Wildman–Crippen LogP) is 1.23. The quantitative estimate of drug-likeness (QED) is 0.787. The molecule has 2 aliphatic heterocycles. The summed E-state index contributed by atoms with van der Waals surface area (Å²) in [5.74, 6) is 0.595. The Morgan fingerprint density at radius 1 is 1.26 bits per heavy atom. The van der Waals surface area contributed by atoms with Crippen LogP contribution < -0.4 is 4.90 Å². The standard InChI is InChI=1S/C17H24N4O2/c1-14-3-2-6-21(12-14)17(23)16-11-15(4-5-18-16)20-9-7-19(13-22)8-10-20/h4-5,11,13-14H,2-3,6-10,12H2,1H3. The van der Waals surface area contributed by atoms with Crippen LogP contribution in [-0.2, 0) is 4.79 Å². The first kappa shape index (κ1) is 15.8. The number of rotatable bonds is 3. The summed E-state index contributed by atoms with van der Waals surface area (Å²) in [6.45, 7) is 6.86. The molecule has 124 valence electrons. The summed E-state index contributed by atoms with van der Waals surface area (Å²) in [6, 6.07) is 3.82. The zero-order chi connectivity index (χ0) is 16.2. The Labute approximate surface area is 137 Å². The van der Waals surface area contributed by atoms with E-state index in [4.69, 9.17) is 0 Å². The van der Waals surface area contributed by atoms with Gasteiger partial charge in [0, 0.05) is 51.2 Å². The minimum Gasteiger partial charge on any atom is -0.368 e. The maximum absolute atomic E-state index is 12.7. The zero-order valence-electron chi connectivity index (χ0n) is 13.6. The van der Waals surface area contributed by atoms with Crippen LogP contribution in [0.15, 0.2) is 18.3 Å². The second kappa shape index (κ2) is 6.98. The summed E-state index contributed by atoms with van der Waals surface area (Å²) in [4.78, 5) is 33.6. The highest BCUT2D eigenvalue weighted by molar-refractivity contribution is 5.93. The van der Waals surface area contributed by atoms with Gasteiger partial charge < -0.3 is 14.7 Å². The summed E-state index contributed by atoms with van der Waals surface area (Å²) < 4.78 is 0. The number of aromatic nitrogens is 1. The molecular weight excluding hydrogens is 292 g/mol. The molecule has 0 N–H and O–H groups in total. The Balaban J connectivity index is 1.69. The average molecular weight is 316 g/mol. The topological polar surface area (TPSA) is 56.8 Å². The van der Waals surface area contributed by atoms with Crippen LogP contribution in [0.2, 0.25) is 0 Å². The predicted molar refractivity (Wildman–Crippen MR) is 88.4 cm³/mol.